The number of aromatic nitrogens is 1. The first-order valence-electron chi connectivity index (χ1n) is 12.9. The van der Waals surface area contributed by atoms with Gasteiger partial charge in [0, 0.05) is 10.0 Å². The maximum absolute atomic E-state index is 14.0. The zero-order valence-electron chi connectivity index (χ0n) is 22.9. The maximum atomic E-state index is 14.0. The number of hydrogen-bond acceptors (Lipinski definition) is 9. The molecule has 9 nitrogen and oxygen atoms in total. The Morgan fingerprint density at radius 1 is 1.02 bits per heavy atom. The molecule has 4 rings (SSSR count). The Balaban J connectivity index is 1.88. The highest BCUT2D eigenvalue weighted by Crippen LogP contribution is 2.34. The molecule has 1 atom stereocenters. The molecule has 1 aliphatic rings. The van der Waals surface area contributed by atoms with E-state index in [1.807, 2.05) is 19.1 Å². The second-order valence-electron chi connectivity index (χ2n) is 8.70. The van der Waals surface area contributed by atoms with Crippen molar-refractivity contribution in [2.24, 2.45) is 4.99 Å². The molecule has 12 heteroatoms. The number of halogens is 2. The van der Waals surface area contributed by atoms with E-state index in [0.29, 0.717) is 54.3 Å². The van der Waals surface area contributed by atoms with Gasteiger partial charge in [-0.15, -0.1) is 0 Å². The second-order valence-corrected chi connectivity index (χ2v) is 11.5. The van der Waals surface area contributed by atoms with E-state index in [1.165, 1.54) is 15.9 Å². The van der Waals surface area contributed by atoms with Crippen LogP contribution in [-0.4, -0.2) is 42.9 Å². The Morgan fingerprint density at radius 2 is 1.73 bits per heavy atom. The van der Waals surface area contributed by atoms with Gasteiger partial charge in [-0.1, -0.05) is 39.4 Å². The second kappa shape index (κ2) is 13.6. The number of nitrogens with zero attached hydrogens (tertiary/aromatic N) is 2. The van der Waals surface area contributed by atoms with Gasteiger partial charge in [-0.05, 0) is 79.5 Å². The minimum Gasteiger partial charge on any atom is -0.494 e. The lowest BCUT2D eigenvalue weighted by Crippen LogP contribution is -2.39. The number of hydrogen-bond donors (Lipinski definition) is 0. The van der Waals surface area contributed by atoms with Crippen LogP contribution in [0.15, 0.2) is 66.4 Å². The van der Waals surface area contributed by atoms with Gasteiger partial charge in [-0.25, -0.2) is 14.6 Å². The van der Waals surface area contributed by atoms with Crippen LogP contribution >= 0.6 is 43.2 Å². The Morgan fingerprint density at radius 3 is 2.39 bits per heavy atom. The highest BCUT2D eigenvalue weighted by Gasteiger charge is 2.33. The average Bonchev–Trinajstić information content (AvgIpc) is 3.22. The Labute approximate surface area is 257 Å². The molecule has 0 N–H and O–H groups in total. The summed E-state index contributed by atoms with van der Waals surface area (Å²) in [4.78, 5) is 44.1. The van der Waals surface area contributed by atoms with E-state index in [2.05, 4.69) is 36.9 Å². The van der Waals surface area contributed by atoms with Crippen molar-refractivity contribution in [2.75, 3.05) is 26.4 Å². The third-order valence-corrected chi connectivity index (χ3v) is 8.02. The number of rotatable bonds is 10. The van der Waals surface area contributed by atoms with E-state index in [-0.39, 0.29) is 25.4 Å². The number of benzene rings is 2. The zero-order chi connectivity index (χ0) is 29.7. The van der Waals surface area contributed by atoms with Gasteiger partial charge in [0.05, 0.1) is 46.1 Å². The minimum atomic E-state index is -0.753. The maximum Gasteiger partial charge on any atom is 0.344 e. The van der Waals surface area contributed by atoms with Gasteiger partial charge in [0.15, 0.2) is 11.4 Å². The molecule has 1 aromatic heterocycles. The van der Waals surface area contributed by atoms with Crippen LogP contribution < -0.4 is 24.4 Å². The minimum absolute atomic E-state index is 0.183. The fourth-order valence-corrected chi connectivity index (χ4v) is 6.74. The molecule has 0 spiro atoms. The lowest BCUT2D eigenvalue weighted by Gasteiger charge is -2.24. The van der Waals surface area contributed by atoms with Gasteiger partial charge in [0.2, 0.25) is 0 Å². The molecular formula is C29H28Br2N2O7S. The van der Waals surface area contributed by atoms with Gasteiger partial charge < -0.3 is 18.9 Å². The van der Waals surface area contributed by atoms with Crippen LogP contribution in [-0.2, 0) is 19.1 Å². The molecule has 0 saturated carbocycles. The molecule has 0 bridgehead atoms. The Hall–Kier alpha value is -3.22. The molecule has 216 valence electrons. The third kappa shape index (κ3) is 6.82. The quantitative estimate of drug-likeness (QED) is 0.282. The molecule has 1 aliphatic heterocycles. The monoisotopic (exact) mass is 706 g/mol. The number of fused-ring (bicyclic) bond motifs is 1. The summed E-state index contributed by atoms with van der Waals surface area (Å²) in [6.45, 7) is 7.71. The number of esters is 2. The van der Waals surface area contributed by atoms with Crippen molar-refractivity contribution in [3.05, 3.63) is 87.4 Å². The topological polar surface area (TPSA) is 105 Å². The lowest BCUT2D eigenvalue weighted by atomic mass is 9.96. The van der Waals surface area contributed by atoms with Crippen molar-refractivity contribution >= 4 is 61.2 Å². The molecule has 41 heavy (non-hydrogen) atoms. The predicted octanol–water partition coefficient (Wildman–Crippen LogP) is 4.66. The van der Waals surface area contributed by atoms with Crippen molar-refractivity contribution in [3.8, 4) is 11.5 Å². The van der Waals surface area contributed by atoms with E-state index in [1.54, 1.807) is 51.1 Å². The summed E-state index contributed by atoms with van der Waals surface area (Å²) < 4.78 is 24.9. The molecule has 0 amide bonds. The third-order valence-electron chi connectivity index (χ3n) is 5.99. The molecule has 0 fully saturated rings. The van der Waals surface area contributed by atoms with Crippen molar-refractivity contribution in [2.45, 2.75) is 33.7 Å². The van der Waals surface area contributed by atoms with Gasteiger partial charge in [0.25, 0.3) is 5.56 Å². The first-order valence-corrected chi connectivity index (χ1v) is 15.3. The van der Waals surface area contributed by atoms with Crippen molar-refractivity contribution in [1.82, 2.24) is 4.57 Å². The van der Waals surface area contributed by atoms with E-state index < -0.39 is 18.0 Å². The predicted molar refractivity (Wildman–Crippen MR) is 162 cm³/mol. The fourth-order valence-electron chi connectivity index (χ4n) is 4.33. The molecule has 3 aromatic rings. The summed E-state index contributed by atoms with van der Waals surface area (Å²) in [5.74, 6) is 0.00798. The van der Waals surface area contributed by atoms with Gasteiger partial charge in [0.1, 0.15) is 11.5 Å². The summed E-state index contributed by atoms with van der Waals surface area (Å²) in [7, 11) is 0. The van der Waals surface area contributed by atoms with Crippen molar-refractivity contribution in [1.29, 1.82) is 0 Å². The summed E-state index contributed by atoms with van der Waals surface area (Å²) in [5.41, 5.74) is 1.69. The molecule has 0 radical (unpaired) electrons. The smallest absolute Gasteiger partial charge is 0.344 e. The van der Waals surface area contributed by atoms with Crippen LogP contribution in [0.5, 0.6) is 11.5 Å². The van der Waals surface area contributed by atoms with E-state index in [0.717, 1.165) is 4.47 Å². The zero-order valence-corrected chi connectivity index (χ0v) is 26.9. The molecule has 2 heterocycles. The van der Waals surface area contributed by atoms with E-state index >= 15 is 0 Å². The van der Waals surface area contributed by atoms with Crippen LogP contribution in [0.2, 0.25) is 0 Å². The molecule has 0 unspecified atom stereocenters. The van der Waals surface area contributed by atoms with Crippen LogP contribution in [0.4, 0.5) is 0 Å². The highest BCUT2D eigenvalue weighted by molar-refractivity contribution is 9.11. The molecular weight excluding hydrogens is 680 g/mol. The Bertz CT molecular complexity index is 1680. The van der Waals surface area contributed by atoms with Gasteiger partial charge in [-0.2, -0.15) is 0 Å². The molecule has 2 aromatic carbocycles. The van der Waals surface area contributed by atoms with Crippen LogP contribution in [0, 0.1) is 0 Å². The van der Waals surface area contributed by atoms with Gasteiger partial charge in [-0.3, -0.25) is 9.36 Å². The average molecular weight is 708 g/mol. The van der Waals surface area contributed by atoms with Crippen molar-refractivity contribution < 1.29 is 28.5 Å². The first kappa shape index (κ1) is 30.7. The molecule has 0 aliphatic carbocycles. The standard InChI is InChI=1S/C29H28Br2N2O7S/c1-5-37-20-10-8-17(9-11-20)25-24(28(36)39-7-3)16(4)32-29-33(25)27(35)22(41-29)13-18-12-19(30)14-21(31)26(18)40-15-23(34)38-6-2/h8-14,25H,5-7,15H2,1-4H3/b22-13-/t25-/m1/s1. The van der Waals surface area contributed by atoms with Gasteiger partial charge >= 0.3 is 11.9 Å². The number of thiazole rings is 1. The molecule has 0 saturated heterocycles. The number of carbonyl (C=O) groups is 2. The van der Waals surface area contributed by atoms with Crippen LogP contribution in [0.25, 0.3) is 6.08 Å². The summed E-state index contributed by atoms with van der Waals surface area (Å²) in [6.07, 6.45) is 1.68. The number of carbonyl (C=O) groups excluding carboxylic acids is 2. The van der Waals surface area contributed by atoms with Crippen molar-refractivity contribution in [3.63, 3.8) is 0 Å². The SMILES string of the molecule is CCOC(=O)COc1c(Br)cc(Br)cc1/C=c1\sc2n(c1=O)[C@H](c1ccc(OCC)cc1)C(C(=O)OCC)=C(C)N=2. The van der Waals surface area contributed by atoms with E-state index in [9.17, 15) is 14.4 Å². The summed E-state index contributed by atoms with van der Waals surface area (Å²) in [5, 5.41) is 0. The number of allylic oxidation sites excluding steroid dienone is 1. The van der Waals surface area contributed by atoms with Crippen LogP contribution in [0.1, 0.15) is 44.9 Å². The lowest BCUT2D eigenvalue weighted by molar-refractivity contribution is -0.145. The highest BCUT2D eigenvalue weighted by atomic mass is 79.9. The van der Waals surface area contributed by atoms with E-state index in [4.69, 9.17) is 18.9 Å². The van der Waals surface area contributed by atoms with Crippen LogP contribution in [0.3, 0.4) is 0 Å². The fraction of sp³-hybridized carbons (Fsp3) is 0.310. The normalized spacial score (nSPS) is 14.8. The summed E-state index contributed by atoms with van der Waals surface area (Å²) in [6, 6.07) is 10.1. The largest absolute Gasteiger partial charge is 0.494 e. The first-order chi connectivity index (χ1) is 19.7. The summed E-state index contributed by atoms with van der Waals surface area (Å²) >= 11 is 8.16. The Kier molecular flexibility index (Phi) is 10.2. The number of ether oxygens (including phenoxy) is 4.